The lowest BCUT2D eigenvalue weighted by molar-refractivity contribution is -0.124. The van der Waals surface area contributed by atoms with Crippen molar-refractivity contribution in [1.29, 1.82) is 0 Å². The fourth-order valence-corrected chi connectivity index (χ4v) is 4.58. The van der Waals surface area contributed by atoms with Gasteiger partial charge in [-0.3, -0.25) is 4.79 Å². The smallest absolute Gasteiger partial charge is 0.231 e. The topological polar surface area (TPSA) is 57.8 Å². The van der Waals surface area contributed by atoms with E-state index < -0.39 is 0 Å². The Bertz CT molecular complexity index is 715. The highest BCUT2D eigenvalue weighted by molar-refractivity contribution is 5.93. The average Bonchev–Trinajstić information content (AvgIpc) is 2.86. The Balaban J connectivity index is 1.60. The zero-order chi connectivity index (χ0) is 15.9. The minimum absolute atomic E-state index is 0.174. The van der Waals surface area contributed by atoms with E-state index >= 15 is 0 Å². The van der Waals surface area contributed by atoms with Crippen LogP contribution >= 0.6 is 0 Å². The van der Waals surface area contributed by atoms with Crippen molar-refractivity contribution in [2.75, 3.05) is 0 Å². The van der Waals surface area contributed by atoms with Crippen LogP contribution in [0.3, 0.4) is 0 Å². The third-order valence-electron chi connectivity index (χ3n) is 5.95. The maximum Gasteiger partial charge on any atom is 0.231 e. The standard InChI is InChI=1S/C19H23N3O/c1-14-16(22-13-21-14)11-20-17(23)19(15-7-3-2-4-8-15)12-18(19)9-5-6-10-18/h2-4,7-8,13H,5-6,9-12H2,1H3,(H,20,23)(H,21,22)/t19-/m0/s1. The first-order valence-corrected chi connectivity index (χ1v) is 8.51. The van der Waals surface area contributed by atoms with E-state index in [9.17, 15) is 4.79 Å². The van der Waals surface area contributed by atoms with Gasteiger partial charge in [0.25, 0.3) is 0 Å². The van der Waals surface area contributed by atoms with E-state index in [0.717, 1.165) is 17.8 Å². The predicted octanol–water partition coefficient (Wildman–Crippen LogP) is 3.24. The van der Waals surface area contributed by atoms with Gasteiger partial charge in [0.1, 0.15) is 0 Å². The van der Waals surface area contributed by atoms with Gasteiger partial charge in [-0.2, -0.15) is 0 Å². The van der Waals surface area contributed by atoms with Gasteiger partial charge < -0.3 is 10.3 Å². The number of H-pyrrole nitrogens is 1. The number of amides is 1. The molecule has 0 saturated heterocycles. The summed E-state index contributed by atoms with van der Waals surface area (Å²) in [5.41, 5.74) is 2.99. The van der Waals surface area contributed by atoms with E-state index in [1.807, 2.05) is 25.1 Å². The second-order valence-electron chi connectivity index (χ2n) is 7.09. The van der Waals surface area contributed by atoms with Crippen molar-refractivity contribution in [2.45, 2.75) is 51.0 Å². The average molecular weight is 309 g/mol. The summed E-state index contributed by atoms with van der Waals surface area (Å²) < 4.78 is 0. The molecule has 2 aliphatic carbocycles. The molecule has 1 spiro atoms. The number of aryl methyl sites for hydroxylation is 1. The number of carbonyl (C=O) groups excluding carboxylic acids is 1. The van der Waals surface area contributed by atoms with Crippen molar-refractivity contribution in [3.8, 4) is 0 Å². The number of rotatable bonds is 4. The third-order valence-corrected chi connectivity index (χ3v) is 5.95. The minimum atomic E-state index is -0.324. The summed E-state index contributed by atoms with van der Waals surface area (Å²) in [7, 11) is 0. The van der Waals surface area contributed by atoms with Crippen molar-refractivity contribution >= 4 is 5.91 Å². The number of nitrogens with zero attached hydrogens (tertiary/aromatic N) is 1. The summed E-state index contributed by atoms with van der Waals surface area (Å²) in [6.07, 6.45) is 7.53. The van der Waals surface area contributed by atoms with E-state index in [0.29, 0.717) is 6.54 Å². The van der Waals surface area contributed by atoms with Crippen LogP contribution in [-0.4, -0.2) is 15.9 Å². The maximum absolute atomic E-state index is 13.1. The molecule has 2 aliphatic rings. The lowest BCUT2D eigenvalue weighted by Gasteiger charge is -2.22. The number of hydrogen-bond donors (Lipinski definition) is 2. The van der Waals surface area contributed by atoms with Gasteiger partial charge >= 0.3 is 0 Å². The summed E-state index contributed by atoms with van der Waals surface area (Å²) in [6, 6.07) is 10.3. The highest BCUT2D eigenvalue weighted by Crippen LogP contribution is 2.72. The molecule has 0 aliphatic heterocycles. The number of aromatic amines is 1. The van der Waals surface area contributed by atoms with Gasteiger partial charge in [-0.15, -0.1) is 0 Å². The van der Waals surface area contributed by atoms with E-state index in [1.165, 1.54) is 31.2 Å². The Morgan fingerprint density at radius 1 is 1.26 bits per heavy atom. The summed E-state index contributed by atoms with van der Waals surface area (Å²) in [5.74, 6) is 0.174. The van der Waals surface area contributed by atoms with Crippen LogP contribution in [0.15, 0.2) is 36.7 Å². The van der Waals surface area contributed by atoms with Gasteiger partial charge in [0, 0.05) is 5.69 Å². The molecular formula is C19H23N3O. The lowest BCUT2D eigenvalue weighted by Crippen LogP contribution is -2.38. The van der Waals surface area contributed by atoms with Crippen molar-refractivity contribution in [2.24, 2.45) is 5.41 Å². The van der Waals surface area contributed by atoms with Crippen molar-refractivity contribution in [3.63, 3.8) is 0 Å². The molecule has 0 unspecified atom stereocenters. The molecule has 1 amide bonds. The molecule has 0 radical (unpaired) electrons. The Kier molecular flexibility index (Phi) is 3.29. The molecule has 0 bridgehead atoms. The van der Waals surface area contributed by atoms with Crippen LogP contribution in [0.1, 0.15) is 49.1 Å². The van der Waals surface area contributed by atoms with Crippen molar-refractivity contribution in [1.82, 2.24) is 15.3 Å². The summed E-state index contributed by atoms with van der Waals surface area (Å²) >= 11 is 0. The van der Waals surface area contributed by atoms with Crippen LogP contribution in [-0.2, 0) is 16.8 Å². The third kappa shape index (κ3) is 2.12. The predicted molar refractivity (Wildman–Crippen MR) is 88.8 cm³/mol. The zero-order valence-corrected chi connectivity index (χ0v) is 13.6. The number of nitrogens with one attached hydrogen (secondary N) is 2. The molecule has 4 nitrogen and oxygen atoms in total. The van der Waals surface area contributed by atoms with Gasteiger partial charge in [-0.25, -0.2) is 4.98 Å². The van der Waals surface area contributed by atoms with Crippen molar-refractivity contribution in [3.05, 3.63) is 53.6 Å². The first kappa shape index (κ1) is 14.5. The first-order chi connectivity index (χ1) is 11.2. The quantitative estimate of drug-likeness (QED) is 0.911. The number of imidazole rings is 1. The second-order valence-corrected chi connectivity index (χ2v) is 7.09. The molecule has 120 valence electrons. The summed E-state index contributed by atoms with van der Waals surface area (Å²) in [6.45, 7) is 2.48. The molecule has 1 aromatic heterocycles. The highest BCUT2D eigenvalue weighted by atomic mass is 16.2. The molecule has 2 saturated carbocycles. The molecule has 1 aromatic carbocycles. The Morgan fingerprint density at radius 2 is 2.00 bits per heavy atom. The monoisotopic (exact) mass is 309 g/mol. The molecule has 2 fully saturated rings. The van der Waals surface area contributed by atoms with E-state index in [-0.39, 0.29) is 16.7 Å². The molecular weight excluding hydrogens is 286 g/mol. The highest BCUT2D eigenvalue weighted by Gasteiger charge is 2.72. The fourth-order valence-electron chi connectivity index (χ4n) is 4.58. The number of aromatic nitrogens is 2. The van der Waals surface area contributed by atoms with Crippen LogP contribution in [0, 0.1) is 12.3 Å². The van der Waals surface area contributed by atoms with E-state index in [1.54, 1.807) is 6.33 Å². The van der Waals surface area contributed by atoms with Gasteiger partial charge in [0.15, 0.2) is 0 Å². The Hall–Kier alpha value is -2.10. The number of benzene rings is 1. The molecule has 1 heterocycles. The molecule has 4 rings (SSSR count). The summed E-state index contributed by atoms with van der Waals surface area (Å²) in [4.78, 5) is 20.5. The van der Waals surface area contributed by atoms with Gasteiger partial charge in [-0.1, -0.05) is 43.2 Å². The van der Waals surface area contributed by atoms with Gasteiger partial charge in [0.2, 0.25) is 5.91 Å². The van der Waals surface area contributed by atoms with Crippen molar-refractivity contribution < 1.29 is 4.79 Å². The lowest BCUT2D eigenvalue weighted by atomic mass is 9.84. The number of hydrogen-bond acceptors (Lipinski definition) is 2. The molecule has 1 atom stereocenters. The normalized spacial score (nSPS) is 24.7. The molecule has 4 heteroatoms. The summed E-state index contributed by atoms with van der Waals surface area (Å²) in [5, 5.41) is 3.16. The van der Waals surface area contributed by atoms with Crippen LogP contribution in [0.2, 0.25) is 0 Å². The Labute approximate surface area is 136 Å². The first-order valence-electron chi connectivity index (χ1n) is 8.51. The molecule has 23 heavy (non-hydrogen) atoms. The minimum Gasteiger partial charge on any atom is -0.350 e. The molecule has 2 N–H and O–H groups in total. The maximum atomic E-state index is 13.1. The van der Waals surface area contributed by atoms with E-state index in [2.05, 4.69) is 27.4 Å². The second kappa shape index (κ2) is 5.22. The largest absolute Gasteiger partial charge is 0.350 e. The fraction of sp³-hybridized carbons (Fsp3) is 0.474. The van der Waals surface area contributed by atoms with Gasteiger partial charge in [-0.05, 0) is 37.2 Å². The SMILES string of the molecule is Cc1[nH]cnc1CNC(=O)[C@@]1(c2ccccc2)CC12CCCC2. The zero-order valence-electron chi connectivity index (χ0n) is 13.6. The van der Waals surface area contributed by atoms with Gasteiger partial charge in [0.05, 0.1) is 24.0 Å². The van der Waals surface area contributed by atoms with Crippen LogP contribution in [0.5, 0.6) is 0 Å². The van der Waals surface area contributed by atoms with Crippen LogP contribution < -0.4 is 5.32 Å². The number of carbonyl (C=O) groups is 1. The van der Waals surface area contributed by atoms with Crippen LogP contribution in [0.4, 0.5) is 0 Å². The van der Waals surface area contributed by atoms with E-state index in [4.69, 9.17) is 0 Å². The molecule has 2 aromatic rings. The Morgan fingerprint density at radius 3 is 2.65 bits per heavy atom. The van der Waals surface area contributed by atoms with Crippen LogP contribution in [0.25, 0.3) is 0 Å².